The standard InChI is InChI=1S/C14H19F2N3O3S/c1-2-6-23(21,22)19-13-8-12(9(15)7-10(13)16)18-14(20)11-4-3-5-17-11/h7-8,11,17,19H,2-6H2,1H3,(H,18,20). The Balaban J connectivity index is 2.20. The maximum Gasteiger partial charge on any atom is 0.241 e. The first-order valence-electron chi connectivity index (χ1n) is 7.36. The Morgan fingerprint density at radius 1 is 1.30 bits per heavy atom. The van der Waals surface area contributed by atoms with Crippen LogP contribution in [0, 0.1) is 11.6 Å². The van der Waals surface area contributed by atoms with Crippen molar-refractivity contribution < 1.29 is 22.0 Å². The van der Waals surface area contributed by atoms with Gasteiger partial charge in [-0.1, -0.05) is 6.92 Å². The SMILES string of the molecule is CCCS(=O)(=O)Nc1cc(NC(=O)C2CCCN2)c(F)cc1F. The van der Waals surface area contributed by atoms with Crippen LogP contribution in [0.15, 0.2) is 12.1 Å². The second-order valence-electron chi connectivity index (χ2n) is 5.37. The summed E-state index contributed by atoms with van der Waals surface area (Å²) in [6.07, 6.45) is 1.83. The van der Waals surface area contributed by atoms with Gasteiger partial charge < -0.3 is 10.6 Å². The molecule has 6 nitrogen and oxygen atoms in total. The van der Waals surface area contributed by atoms with Crippen molar-refractivity contribution >= 4 is 27.3 Å². The van der Waals surface area contributed by atoms with Crippen LogP contribution in [0.4, 0.5) is 20.2 Å². The summed E-state index contributed by atoms with van der Waals surface area (Å²) >= 11 is 0. The van der Waals surface area contributed by atoms with Gasteiger partial charge in [-0.05, 0) is 31.9 Å². The Morgan fingerprint density at radius 3 is 2.61 bits per heavy atom. The van der Waals surface area contributed by atoms with E-state index >= 15 is 0 Å². The first-order valence-corrected chi connectivity index (χ1v) is 9.01. The van der Waals surface area contributed by atoms with Crippen LogP contribution in [0.1, 0.15) is 26.2 Å². The third-order valence-electron chi connectivity index (χ3n) is 3.43. The Morgan fingerprint density at radius 2 is 2.00 bits per heavy atom. The van der Waals surface area contributed by atoms with Crippen LogP contribution in [-0.4, -0.2) is 32.7 Å². The minimum Gasteiger partial charge on any atom is -0.322 e. The molecule has 0 aromatic heterocycles. The van der Waals surface area contributed by atoms with Gasteiger partial charge in [-0.3, -0.25) is 9.52 Å². The van der Waals surface area contributed by atoms with Crippen molar-refractivity contribution in [2.45, 2.75) is 32.2 Å². The number of hydrogen-bond acceptors (Lipinski definition) is 4. The summed E-state index contributed by atoms with van der Waals surface area (Å²) in [5, 5.41) is 5.32. The quantitative estimate of drug-likeness (QED) is 0.732. The van der Waals surface area contributed by atoms with Crippen molar-refractivity contribution in [1.29, 1.82) is 0 Å². The summed E-state index contributed by atoms with van der Waals surface area (Å²) in [4.78, 5) is 12.0. The molecule has 1 aromatic rings. The van der Waals surface area contributed by atoms with E-state index in [-0.39, 0.29) is 11.4 Å². The lowest BCUT2D eigenvalue weighted by atomic mass is 10.2. The number of nitrogens with one attached hydrogen (secondary N) is 3. The van der Waals surface area contributed by atoms with E-state index in [0.717, 1.165) is 12.5 Å². The van der Waals surface area contributed by atoms with Crippen molar-refractivity contribution in [2.75, 3.05) is 22.3 Å². The second kappa shape index (κ2) is 7.22. The van der Waals surface area contributed by atoms with Crippen molar-refractivity contribution in [3.63, 3.8) is 0 Å². The Labute approximate surface area is 133 Å². The van der Waals surface area contributed by atoms with Crippen LogP contribution < -0.4 is 15.4 Å². The third-order valence-corrected chi connectivity index (χ3v) is 4.91. The van der Waals surface area contributed by atoms with E-state index in [1.54, 1.807) is 6.92 Å². The van der Waals surface area contributed by atoms with Gasteiger partial charge in [0.25, 0.3) is 0 Å². The molecule has 23 heavy (non-hydrogen) atoms. The number of carbonyl (C=O) groups excluding carboxylic acids is 1. The Kier molecular flexibility index (Phi) is 5.53. The van der Waals surface area contributed by atoms with Crippen molar-refractivity contribution in [1.82, 2.24) is 5.32 Å². The molecule has 1 fully saturated rings. The van der Waals surface area contributed by atoms with E-state index < -0.39 is 39.3 Å². The number of sulfonamides is 1. The molecule has 128 valence electrons. The molecule has 1 aromatic carbocycles. The smallest absolute Gasteiger partial charge is 0.241 e. The highest BCUT2D eigenvalue weighted by Gasteiger charge is 2.23. The highest BCUT2D eigenvalue weighted by atomic mass is 32.2. The van der Waals surface area contributed by atoms with E-state index in [4.69, 9.17) is 0 Å². The monoisotopic (exact) mass is 347 g/mol. The van der Waals surface area contributed by atoms with Gasteiger partial charge in [0.2, 0.25) is 15.9 Å². The molecule has 0 saturated carbocycles. The van der Waals surface area contributed by atoms with Crippen LogP contribution in [0.2, 0.25) is 0 Å². The minimum absolute atomic E-state index is 0.183. The lowest BCUT2D eigenvalue weighted by molar-refractivity contribution is -0.117. The molecule has 0 aliphatic carbocycles. The lowest BCUT2D eigenvalue weighted by Gasteiger charge is -2.14. The average Bonchev–Trinajstić information content (AvgIpc) is 2.97. The zero-order valence-corrected chi connectivity index (χ0v) is 13.5. The second-order valence-corrected chi connectivity index (χ2v) is 7.21. The van der Waals surface area contributed by atoms with Gasteiger partial charge in [0.15, 0.2) is 0 Å². The van der Waals surface area contributed by atoms with E-state index in [1.165, 1.54) is 0 Å². The topological polar surface area (TPSA) is 87.3 Å². The number of amides is 1. The highest BCUT2D eigenvalue weighted by molar-refractivity contribution is 7.92. The van der Waals surface area contributed by atoms with Crippen molar-refractivity contribution in [2.24, 2.45) is 0 Å². The normalized spacial score (nSPS) is 18.0. The average molecular weight is 347 g/mol. The fourth-order valence-corrected chi connectivity index (χ4v) is 3.47. The summed E-state index contributed by atoms with van der Waals surface area (Å²) in [5.74, 6) is -2.63. The molecule has 3 N–H and O–H groups in total. The highest BCUT2D eigenvalue weighted by Crippen LogP contribution is 2.25. The first kappa shape index (κ1) is 17.6. The maximum absolute atomic E-state index is 13.8. The molecule has 1 saturated heterocycles. The van der Waals surface area contributed by atoms with Crippen LogP contribution in [0.3, 0.4) is 0 Å². The minimum atomic E-state index is -3.72. The molecule has 0 spiro atoms. The van der Waals surface area contributed by atoms with Gasteiger partial charge in [0, 0.05) is 6.07 Å². The number of benzene rings is 1. The first-order chi connectivity index (χ1) is 10.8. The Hall–Kier alpha value is -1.74. The van der Waals surface area contributed by atoms with E-state index in [9.17, 15) is 22.0 Å². The van der Waals surface area contributed by atoms with Gasteiger partial charge in [-0.25, -0.2) is 17.2 Å². The summed E-state index contributed by atoms with van der Waals surface area (Å²) < 4.78 is 53.0. The van der Waals surface area contributed by atoms with Crippen LogP contribution in [0.5, 0.6) is 0 Å². The van der Waals surface area contributed by atoms with Crippen LogP contribution in [-0.2, 0) is 14.8 Å². The zero-order valence-electron chi connectivity index (χ0n) is 12.7. The Bertz CT molecular complexity index is 689. The van der Waals surface area contributed by atoms with Crippen molar-refractivity contribution in [3.05, 3.63) is 23.8 Å². The maximum atomic E-state index is 13.8. The third kappa shape index (κ3) is 4.61. The fourth-order valence-electron chi connectivity index (χ4n) is 2.34. The number of hydrogen-bond donors (Lipinski definition) is 3. The molecule has 0 bridgehead atoms. The molecule has 1 aliphatic rings. The summed E-state index contributed by atoms with van der Waals surface area (Å²) in [5.41, 5.74) is -0.658. The molecule has 2 rings (SSSR count). The molecule has 0 radical (unpaired) electrons. The predicted molar refractivity (Wildman–Crippen MR) is 83.7 cm³/mol. The molecule has 1 amide bonds. The summed E-state index contributed by atoms with van der Waals surface area (Å²) in [6.45, 7) is 2.37. The largest absolute Gasteiger partial charge is 0.322 e. The molecule has 1 atom stereocenters. The van der Waals surface area contributed by atoms with Crippen LogP contribution >= 0.6 is 0 Å². The van der Waals surface area contributed by atoms with Gasteiger partial charge in [-0.15, -0.1) is 0 Å². The number of anilines is 2. The number of halogens is 2. The fraction of sp³-hybridized carbons (Fsp3) is 0.500. The van der Waals surface area contributed by atoms with E-state index in [2.05, 4.69) is 15.4 Å². The molecular weight excluding hydrogens is 328 g/mol. The van der Waals surface area contributed by atoms with E-state index in [0.29, 0.717) is 25.5 Å². The van der Waals surface area contributed by atoms with Gasteiger partial charge in [0.05, 0.1) is 23.2 Å². The number of rotatable bonds is 6. The summed E-state index contributed by atoms with van der Waals surface area (Å²) in [7, 11) is -3.72. The molecule has 1 heterocycles. The summed E-state index contributed by atoms with van der Waals surface area (Å²) in [6, 6.07) is 1.06. The number of carbonyl (C=O) groups is 1. The van der Waals surface area contributed by atoms with Gasteiger partial charge >= 0.3 is 0 Å². The van der Waals surface area contributed by atoms with E-state index in [1.807, 2.05) is 0 Å². The molecule has 1 aliphatic heterocycles. The molecular formula is C14H19F2N3O3S. The lowest BCUT2D eigenvalue weighted by Crippen LogP contribution is -2.35. The van der Waals surface area contributed by atoms with Crippen molar-refractivity contribution in [3.8, 4) is 0 Å². The van der Waals surface area contributed by atoms with Gasteiger partial charge in [-0.2, -0.15) is 0 Å². The predicted octanol–water partition coefficient (Wildman–Crippen LogP) is 1.81. The van der Waals surface area contributed by atoms with Crippen LogP contribution in [0.25, 0.3) is 0 Å². The molecule has 1 unspecified atom stereocenters. The van der Waals surface area contributed by atoms with Gasteiger partial charge in [0.1, 0.15) is 11.6 Å². The molecule has 9 heteroatoms. The zero-order chi connectivity index (χ0) is 17.0.